The average molecular weight is 239 g/mol. The Morgan fingerprint density at radius 1 is 1.40 bits per heavy atom. The van der Waals surface area contributed by atoms with Crippen LogP contribution in [0.15, 0.2) is 0 Å². The van der Waals surface area contributed by atoms with Gasteiger partial charge in [-0.2, -0.15) is 0 Å². The lowest BCUT2D eigenvalue weighted by Crippen LogP contribution is -2.20. The number of nitrogens with two attached hydrogens (primary N) is 1. The monoisotopic (exact) mass is 239 g/mol. The lowest BCUT2D eigenvalue weighted by molar-refractivity contribution is -0.145. The molecule has 2 unspecified atom stereocenters. The Hall–Kier alpha value is -0.760. The Labute approximate surface area is 93.7 Å². The van der Waals surface area contributed by atoms with E-state index < -0.39 is 18.2 Å². The molecule has 0 fully saturated rings. The van der Waals surface area contributed by atoms with Crippen LogP contribution in [0.1, 0.15) is 13.8 Å². The molecule has 0 saturated heterocycles. The van der Waals surface area contributed by atoms with Crippen molar-refractivity contribution >= 4 is 23.2 Å². The predicted octanol–water partition coefficient (Wildman–Crippen LogP) is -0.878. The zero-order chi connectivity index (χ0) is 12.4. The summed E-state index contributed by atoms with van der Waals surface area (Å²) in [5.41, 5.74) is 5.11. The summed E-state index contributed by atoms with van der Waals surface area (Å²) in [6, 6.07) is 0. The zero-order valence-corrected chi connectivity index (χ0v) is 9.53. The van der Waals surface area contributed by atoms with E-state index >= 15 is 0 Å². The van der Waals surface area contributed by atoms with Gasteiger partial charge in [-0.05, 0) is 26.1 Å². The third-order valence-electron chi connectivity index (χ3n) is 1.06. The molecule has 90 valence electrons. The summed E-state index contributed by atoms with van der Waals surface area (Å²) in [5, 5.41) is 24.7. The van der Waals surface area contributed by atoms with Crippen molar-refractivity contribution in [2.75, 3.05) is 13.2 Å². The fraction of sp³-hybridized carbons (Fsp3) is 0.750. The molecule has 0 aromatic rings. The van der Waals surface area contributed by atoms with Gasteiger partial charge in [0.05, 0.1) is 0 Å². The van der Waals surface area contributed by atoms with Crippen molar-refractivity contribution in [2.45, 2.75) is 26.1 Å². The number of ether oxygens (including phenoxy) is 1. The number of carboxylic acids is 1. The molecular weight excluding hydrogens is 222 g/mol. The zero-order valence-electron chi connectivity index (χ0n) is 8.71. The molecule has 2 atom stereocenters. The molecule has 0 bridgehead atoms. The van der Waals surface area contributed by atoms with E-state index in [1.807, 2.05) is 0 Å². The summed E-state index contributed by atoms with van der Waals surface area (Å²) >= 11 is 4.62. The van der Waals surface area contributed by atoms with Crippen LogP contribution in [0.5, 0.6) is 0 Å². The molecule has 0 aromatic carbocycles. The fourth-order valence-electron chi connectivity index (χ4n) is 0.280. The maximum absolute atomic E-state index is 9.45. The van der Waals surface area contributed by atoms with Crippen molar-refractivity contribution < 1.29 is 24.9 Å². The Morgan fingerprint density at radius 2 is 1.80 bits per heavy atom. The summed E-state index contributed by atoms with van der Waals surface area (Å²) in [4.78, 5) is 9.45. The first-order chi connectivity index (χ1) is 6.82. The highest BCUT2D eigenvalue weighted by Gasteiger charge is 2.02. The van der Waals surface area contributed by atoms with E-state index in [0.717, 1.165) is 0 Å². The molecule has 0 amide bonds. The number of hydrogen-bond donors (Lipinski definition) is 4. The topological polar surface area (TPSA) is 113 Å². The van der Waals surface area contributed by atoms with E-state index in [4.69, 9.17) is 25.8 Å². The van der Waals surface area contributed by atoms with Crippen molar-refractivity contribution in [1.29, 1.82) is 0 Å². The van der Waals surface area contributed by atoms with Crippen LogP contribution in [-0.2, 0) is 9.53 Å². The second-order valence-corrected chi connectivity index (χ2v) is 3.05. The molecule has 7 heteroatoms. The highest BCUT2D eigenvalue weighted by Crippen LogP contribution is 1.88. The van der Waals surface area contributed by atoms with Crippen LogP contribution in [0, 0.1) is 0 Å². The fourth-order valence-corrected chi connectivity index (χ4v) is 0.363. The number of aliphatic hydroxyl groups excluding tert-OH is 2. The second-order valence-electron chi connectivity index (χ2n) is 2.65. The van der Waals surface area contributed by atoms with Gasteiger partial charge < -0.3 is 25.8 Å². The number of carbonyl (C=O) groups is 1. The van der Waals surface area contributed by atoms with E-state index in [1.54, 1.807) is 6.92 Å². The molecule has 0 spiro atoms. The molecule has 0 aliphatic carbocycles. The van der Waals surface area contributed by atoms with Crippen molar-refractivity contribution in [3.63, 3.8) is 0 Å². The Balaban J connectivity index is 0. The van der Waals surface area contributed by atoms with Crippen molar-refractivity contribution in [2.24, 2.45) is 5.73 Å². The third kappa shape index (κ3) is 13.2. The van der Waals surface area contributed by atoms with Gasteiger partial charge in [-0.3, -0.25) is 0 Å². The first kappa shape index (κ1) is 16.7. The minimum atomic E-state index is -1.23. The van der Waals surface area contributed by atoms with Gasteiger partial charge in [-0.15, -0.1) is 0 Å². The Kier molecular flexibility index (Phi) is 10.9. The molecule has 0 aliphatic rings. The molecular formula is C8H17NO5S. The first-order valence-electron chi connectivity index (χ1n) is 4.28. The van der Waals surface area contributed by atoms with Gasteiger partial charge in [0.2, 0.25) is 0 Å². The van der Waals surface area contributed by atoms with Gasteiger partial charge in [-0.25, -0.2) is 4.79 Å². The van der Waals surface area contributed by atoms with Gasteiger partial charge in [0, 0.05) is 6.54 Å². The van der Waals surface area contributed by atoms with Crippen LogP contribution in [0.4, 0.5) is 0 Å². The molecule has 0 heterocycles. The molecule has 0 rings (SSSR count). The van der Waals surface area contributed by atoms with Crippen molar-refractivity contribution in [3.05, 3.63) is 0 Å². The molecule has 0 aromatic heterocycles. The normalized spacial score (nSPS) is 13.1. The van der Waals surface area contributed by atoms with E-state index in [9.17, 15) is 4.79 Å². The van der Waals surface area contributed by atoms with E-state index in [-0.39, 0.29) is 5.05 Å². The number of thiocarbonyl (C=S) groups is 1. The first-order valence-corrected chi connectivity index (χ1v) is 4.69. The standard InChI is InChI=1S/C5H11NO2S.C3H6O3/c1-4(7)5(9)8-3-2-6;1-2(4)3(5)6/h4,7H,2-3,6H2,1H3;2,4H,1H3,(H,5,6). The average Bonchev–Trinajstić information content (AvgIpc) is 2.14. The lowest BCUT2D eigenvalue weighted by Gasteiger charge is -2.06. The van der Waals surface area contributed by atoms with Gasteiger partial charge in [0.15, 0.2) is 5.05 Å². The summed E-state index contributed by atoms with van der Waals surface area (Å²) < 4.78 is 4.81. The number of carboxylic acid groups (broad SMARTS) is 1. The SMILES string of the molecule is CC(O)C(=O)O.CC(O)C(=S)OCCN. The Morgan fingerprint density at radius 3 is 2.00 bits per heavy atom. The number of hydrogen-bond acceptors (Lipinski definition) is 6. The summed E-state index contributed by atoms with van der Waals surface area (Å²) in [6.07, 6.45) is -1.91. The minimum absolute atomic E-state index is 0.209. The molecule has 0 aliphatic heterocycles. The maximum atomic E-state index is 9.45. The number of aliphatic hydroxyl groups is 2. The molecule has 6 nitrogen and oxygen atoms in total. The van der Waals surface area contributed by atoms with Gasteiger partial charge in [0.25, 0.3) is 0 Å². The van der Waals surface area contributed by atoms with Crippen molar-refractivity contribution in [3.8, 4) is 0 Å². The number of rotatable bonds is 4. The minimum Gasteiger partial charge on any atom is -0.483 e. The molecule has 0 saturated carbocycles. The van der Waals surface area contributed by atoms with Gasteiger partial charge in [-0.1, -0.05) is 0 Å². The van der Waals surface area contributed by atoms with Crippen LogP contribution in [-0.4, -0.2) is 51.7 Å². The van der Waals surface area contributed by atoms with Crippen molar-refractivity contribution in [1.82, 2.24) is 0 Å². The van der Waals surface area contributed by atoms with Crippen LogP contribution < -0.4 is 5.73 Å². The largest absolute Gasteiger partial charge is 0.483 e. The maximum Gasteiger partial charge on any atom is 0.332 e. The van der Waals surface area contributed by atoms with E-state index in [1.165, 1.54) is 6.92 Å². The van der Waals surface area contributed by atoms with Crippen LogP contribution in [0.2, 0.25) is 0 Å². The smallest absolute Gasteiger partial charge is 0.332 e. The van der Waals surface area contributed by atoms with Gasteiger partial charge >= 0.3 is 5.97 Å². The van der Waals surface area contributed by atoms with E-state index in [0.29, 0.717) is 13.2 Å². The summed E-state index contributed by atoms with van der Waals surface area (Å²) in [6.45, 7) is 3.55. The van der Waals surface area contributed by atoms with Crippen LogP contribution in [0.25, 0.3) is 0 Å². The molecule has 15 heavy (non-hydrogen) atoms. The van der Waals surface area contributed by atoms with Crippen LogP contribution >= 0.6 is 12.2 Å². The Bertz CT molecular complexity index is 195. The van der Waals surface area contributed by atoms with E-state index in [2.05, 4.69) is 12.2 Å². The highest BCUT2D eigenvalue weighted by molar-refractivity contribution is 7.80. The lowest BCUT2D eigenvalue weighted by atomic mass is 10.4. The molecule has 5 N–H and O–H groups in total. The highest BCUT2D eigenvalue weighted by atomic mass is 32.1. The van der Waals surface area contributed by atoms with Crippen LogP contribution in [0.3, 0.4) is 0 Å². The molecule has 0 radical (unpaired) electrons. The van der Waals surface area contributed by atoms with Gasteiger partial charge in [0.1, 0.15) is 18.8 Å². The quantitative estimate of drug-likeness (QED) is 0.471. The third-order valence-corrected chi connectivity index (χ3v) is 1.52. The predicted molar refractivity (Wildman–Crippen MR) is 58.6 cm³/mol. The second kappa shape index (κ2) is 9.78. The number of aliphatic carboxylic acids is 1. The summed E-state index contributed by atoms with van der Waals surface area (Å²) in [7, 11) is 0. The summed E-state index contributed by atoms with van der Waals surface area (Å²) in [5.74, 6) is -1.19.